The molecule has 0 heterocycles. The minimum absolute atomic E-state index is 0.0277. The Kier molecular flexibility index (Phi) is 4.90. The molecule has 0 aliphatic heterocycles. The van der Waals surface area contributed by atoms with Gasteiger partial charge in [-0.1, -0.05) is 6.92 Å². The number of methoxy groups -OCH3 is 1. The van der Waals surface area contributed by atoms with Crippen molar-refractivity contribution in [2.24, 2.45) is 5.14 Å². The SMILES string of the molecule is CCC(C)Oc1cc([N+](=O)[O-])cc(S(N)(=O)=O)c1OC. The maximum Gasteiger partial charge on any atom is 0.274 e. The van der Waals surface area contributed by atoms with E-state index in [1.165, 1.54) is 7.11 Å². The van der Waals surface area contributed by atoms with Crippen molar-refractivity contribution in [3.8, 4) is 11.5 Å². The van der Waals surface area contributed by atoms with Gasteiger partial charge in [0.2, 0.25) is 10.0 Å². The number of hydrogen-bond acceptors (Lipinski definition) is 6. The van der Waals surface area contributed by atoms with Crippen LogP contribution in [0.2, 0.25) is 0 Å². The summed E-state index contributed by atoms with van der Waals surface area (Å²) in [6, 6.07) is 1.96. The molecule has 0 radical (unpaired) electrons. The van der Waals surface area contributed by atoms with Crippen molar-refractivity contribution >= 4 is 15.7 Å². The van der Waals surface area contributed by atoms with E-state index >= 15 is 0 Å². The van der Waals surface area contributed by atoms with Crippen LogP contribution in [0.1, 0.15) is 20.3 Å². The molecule has 1 rings (SSSR count). The van der Waals surface area contributed by atoms with Gasteiger partial charge >= 0.3 is 0 Å². The largest absolute Gasteiger partial charge is 0.492 e. The van der Waals surface area contributed by atoms with Gasteiger partial charge < -0.3 is 9.47 Å². The van der Waals surface area contributed by atoms with Gasteiger partial charge in [-0.25, -0.2) is 13.6 Å². The van der Waals surface area contributed by atoms with E-state index in [0.717, 1.165) is 12.1 Å². The van der Waals surface area contributed by atoms with E-state index in [0.29, 0.717) is 6.42 Å². The Hall–Kier alpha value is -1.87. The highest BCUT2D eigenvalue weighted by atomic mass is 32.2. The molecule has 8 nitrogen and oxygen atoms in total. The van der Waals surface area contributed by atoms with Gasteiger partial charge in [0.1, 0.15) is 4.90 Å². The highest BCUT2D eigenvalue weighted by molar-refractivity contribution is 7.89. The predicted octanol–water partition coefficient (Wildman–Crippen LogP) is 1.43. The molecule has 0 aliphatic rings. The topological polar surface area (TPSA) is 122 Å². The Bertz CT molecular complexity index is 614. The summed E-state index contributed by atoms with van der Waals surface area (Å²) in [5.41, 5.74) is -0.437. The van der Waals surface area contributed by atoms with E-state index in [9.17, 15) is 18.5 Å². The molecule has 0 fully saturated rings. The van der Waals surface area contributed by atoms with Crippen LogP contribution in [0, 0.1) is 10.1 Å². The zero-order chi connectivity index (χ0) is 15.5. The fourth-order valence-corrected chi connectivity index (χ4v) is 2.20. The first kappa shape index (κ1) is 16.2. The average Bonchev–Trinajstić information content (AvgIpc) is 2.36. The van der Waals surface area contributed by atoms with Crippen molar-refractivity contribution in [1.82, 2.24) is 0 Å². The lowest BCUT2D eigenvalue weighted by Crippen LogP contribution is -2.16. The van der Waals surface area contributed by atoms with Crippen molar-refractivity contribution < 1.29 is 22.8 Å². The Labute approximate surface area is 116 Å². The molecule has 1 atom stereocenters. The summed E-state index contributed by atoms with van der Waals surface area (Å²) in [5.74, 6) is -0.168. The van der Waals surface area contributed by atoms with Crippen LogP contribution in [0.3, 0.4) is 0 Å². The maximum absolute atomic E-state index is 11.5. The molecule has 20 heavy (non-hydrogen) atoms. The van der Waals surface area contributed by atoms with Gasteiger partial charge in [0.15, 0.2) is 11.5 Å². The number of primary sulfonamides is 1. The first-order valence-corrected chi connectivity index (χ1v) is 7.31. The molecule has 0 aliphatic carbocycles. The highest BCUT2D eigenvalue weighted by Gasteiger charge is 2.25. The monoisotopic (exact) mass is 304 g/mol. The minimum Gasteiger partial charge on any atom is -0.492 e. The third-order valence-corrected chi connectivity index (χ3v) is 3.55. The summed E-state index contributed by atoms with van der Waals surface area (Å²) in [5, 5.41) is 15.9. The summed E-state index contributed by atoms with van der Waals surface area (Å²) in [6.45, 7) is 3.60. The molecule has 0 saturated carbocycles. The number of benzene rings is 1. The van der Waals surface area contributed by atoms with E-state index in [4.69, 9.17) is 14.6 Å². The van der Waals surface area contributed by atoms with Gasteiger partial charge in [-0.3, -0.25) is 10.1 Å². The molecular formula is C11H16N2O6S. The van der Waals surface area contributed by atoms with Crippen LogP contribution in [0.4, 0.5) is 5.69 Å². The van der Waals surface area contributed by atoms with Gasteiger partial charge in [-0.2, -0.15) is 0 Å². The summed E-state index contributed by atoms with van der Waals surface area (Å²) in [7, 11) is -2.94. The standard InChI is InChI=1S/C11H16N2O6S/c1-4-7(2)19-9-5-8(13(14)15)6-10(11(9)18-3)20(12,16)17/h5-7H,4H2,1-3H3,(H2,12,16,17). The molecule has 1 unspecified atom stereocenters. The molecular weight excluding hydrogens is 288 g/mol. The molecule has 0 bridgehead atoms. The molecule has 112 valence electrons. The number of sulfonamides is 1. The van der Waals surface area contributed by atoms with Gasteiger partial charge in [0, 0.05) is 6.07 Å². The van der Waals surface area contributed by atoms with Crippen LogP contribution in [-0.4, -0.2) is 26.6 Å². The number of rotatable bonds is 6. The van der Waals surface area contributed by atoms with Gasteiger partial charge in [-0.15, -0.1) is 0 Å². The number of non-ortho nitro benzene ring substituents is 1. The van der Waals surface area contributed by atoms with Crippen molar-refractivity contribution in [2.45, 2.75) is 31.3 Å². The van der Waals surface area contributed by atoms with Crippen molar-refractivity contribution in [1.29, 1.82) is 0 Å². The van der Waals surface area contributed by atoms with Crippen molar-refractivity contribution in [3.05, 3.63) is 22.2 Å². The molecule has 9 heteroatoms. The normalized spacial score (nSPS) is 12.8. The smallest absolute Gasteiger partial charge is 0.274 e. The second-order valence-corrected chi connectivity index (χ2v) is 5.64. The van der Waals surface area contributed by atoms with Gasteiger partial charge in [0.25, 0.3) is 5.69 Å². The number of hydrogen-bond donors (Lipinski definition) is 1. The van der Waals surface area contributed by atoms with Gasteiger partial charge in [0.05, 0.1) is 24.2 Å². The molecule has 1 aromatic carbocycles. The number of nitrogens with two attached hydrogens (primary N) is 1. The summed E-state index contributed by atoms with van der Waals surface area (Å²) in [6.07, 6.45) is 0.371. The number of nitro groups is 1. The van der Waals surface area contributed by atoms with Crippen LogP contribution in [0.15, 0.2) is 17.0 Å². The first-order chi connectivity index (χ1) is 9.20. The van der Waals surface area contributed by atoms with Crippen molar-refractivity contribution in [3.63, 3.8) is 0 Å². The second kappa shape index (κ2) is 6.06. The molecule has 2 N–H and O–H groups in total. The van der Waals surface area contributed by atoms with E-state index < -0.39 is 25.5 Å². The van der Waals surface area contributed by atoms with E-state index in [1.807, 2.05) is 6.92 Å². The van der Waals surface area contributed by atoms with Crippen LogP contribution in [0.25, 0.3) is 0 Å². The molecule has 0 aromatic heterocycles. The third-order valence-electron chi connectivity index (χ3n) is 2.63. The van der Waals surface area contributed by atoms with Crippen LogP contribution < -0.4 is 14.6 Å². The molecule has 0 spiro atoms. The fourth-order valence-electron chi connectivity index (χ4n) is 1.47. The number of ether oxygens (including phenoxy) is 2. The number of nitro benzene ring substituents is 1. The minimum atomic E-state index is -4.18. The lowest BCUT2D eigenvalue weighted by atomic mass is 10.2. The zero-order valence-corrected chi connectivity index (χ0v) is 12.1. The summed E-state index contributed by atoms with van der Waals surface area (Å²) < 4.78 is 33.5. The van der Waals surface area contributed by atoms with Crippen LogP contribution in [0.5, 0.6) is 11.5 Å². The zero-order valence-electron chi connectivity index (χ0n) is 11.3. The van der Waals surface area contributed by atoms with E-state index in [-0.39, 0.29) is 17.6 Å². The molecule has 0 saturated heterocycles. The van der Waals surface area contributed by atoms with Crippen LogP contribution in [-0.2, 0) is 10.0 Å². The predicted molar refractivity (Wildman–Crippen MR) is 71.4 cm³/mol. The lowest BCUT2D eigenvalue weighted by molar-refractivity contribution is -0.385. The second-order valence-electron chi connectivity index (χ2n) is 4.11. The molecule has 0 amide bonds. The molecule has 1 aromatic rings. The summed E-state index contributed by atoms with van der Waals surface area (Å²) >= 11 is 0. The Morgan fingerprint density at radius 1 is 1.45 bits per heavy atom. The van der Waals surface area contributed by atoms with Gasteiger partial charge in [-0.05, 0) is 13.3 Å². The van der Waals surface area contributed by atoms with E-state index in [2.05, 4.69) is 0 Å². The first-order valence-electron chi connectivity index (χ1n) is 5.76. The Balaban J connectivity index is 3.55. The lowest BCUT2D eigenvalue weighted by Gasteiger charge is -2.17. The quantitative estimate of drug-likeness (QED) is 0.626. The Morgan fingerprint density at radius 3 is 2.45 bits per heavy atom. The fraction of sp³-hybridized carbons (Fsp3) is 0.455. The number of nitrogens with zero attached hydrogens (tertiary/aromatic N) is 1. The summed E-state index contributed by atoms with van der Waals surface area (Å²) in [4.78, 5) is 9.66. The Morgan fingerprint density at radius 2 is 2.05 bits per heavy atom. The highest BCUT2D eigenvalue weighted by Crippen LogP contribution is 2.38. The van der Waals surface area contributed by atoms with Crippen LogP contribution >= 0.6 is 0 Å². The average molecular weight is 304 g/mol. The van der Waals surface area contributed by atoms with E-state index in [1.54, 1.807) is 6.92 Å². The van der Waals surface area contributed by atoms with Crippen molar-refractivity contribution in [2.75, 3.05) is 7.11 Å². The maximum atomic E-state index is 11.5. The third kappa shape index (κ3) is 3.58.